The third kappa shape index (κ3) is 10.5. The van der Waals surface area contributed by atoms with E-state index in [0.29, 0.717) is 74.5 Å². The van der Waals surface area contributed by atoms with Crippen LogP contribution < -0.4 is 40.2 Å². The summed E-state index contributed by atoms with van der Waals surface area (Å²) in [7, 11) is 4.75. The first kappa shape index (κ1) is 46.9. The molecule has 0 spiro atoms. The van der Waals surface area contributed by atoms with Gasteiger partial charge < -0.3 is 26.0 Å². The Bertz CT molecular complexity index is 2860. The molecule has 306 valence electrons. The average molecular weight is 951 g/mol. The number of hydrogen-bond acceptors (Lipinski definition) is 18. The van der Waals surface area contributed by atoms with Crippen LogP contribution in [0.4, 0.5) is 21.9 Å². The molecule has 0 bridgehead atoms. The molecule has 0 saturated carbocycles. The van der Waals surface area contributed by atoms with Crippen LogP contribution >= 0.6 is 69.1 Å². The topological polar surface area (TPSA) is 256 Å². The van der Waals surface area contributed by atoms with Crippen LogP contribution in [0.1, 0.15) is 20.7 Å². The van der Waals surface area contributed by atoms with Crippen LogP contribution in [-0.4, -0.2) is 90.0 Å². The first-order valence-corrected chi connectivity index (χ1v) is 19.7. The van der Waals surface area contributed by atoms with Gasteiger partial charge in [0.2, 0.25) is 0 Å². The Morgan fingerprint density at radius 1 is 0.689 bits per heavy atom. The van der Waals surface area contributed by atoms with Crippen LogP contribution in [0.25, 0.3) is 43.9 Å². The molecule has 0 radical (unpaired) electrons. The summed E-state index contributed by atoms with van der Waals surface area (Å²) in [4.78, 5) is 42.5. The van der Waals surface area contributed by atoms with Crippen molar-refractivity contribution in [3.05, 3.63) is 104 Å². The summed E-state index contributed by atoms with van der Waals surface area (Å²) >= 11 is 27.0. The van der Waals surface area contributed by atoms with Crippen LogP contribution in [0.2, 0.25) is 20.1 Å². The summed E-state index contributed by atoms with van der Waals surface area (Å²) in [6.45, 7) is 0. The molecule has 0 fully saturated rings. The summed E-state index contributed by atoms with van der Waals surface area (Å²) in [5, 5.41) is 41.3. The zero-order valence-electron chi connectivity index (χ0n) is 31.7. The van der Waals surface area contributed by atoms with Crippen LogP contribution in [0.5, 0.6) is 0 Å². The maximum absolute atomic E-state index is 12.0. The standard InChI is InChI=1S/C18H13Cl2N7O2S.C17H11Cl2N7O2S.Na.H2O/c1-27-16(24-25-26-27)14-13(9-5-6-11(19)12(20)8-9)22-18(30-14)23-15-10(17(28)29-2)4-3-7-21-15;1-26-15(23-24-25-26)13-12(8-4-5-10(18)11(19)7-8)21-17(29-13)22-14-9(16(27)28)3-2-6-20-14;;/h3-8H,1-2H3,(H,21,22,23);2-7H,1H3,(H,27,28)(H,20,21,22);;1H2/q;;+1;/p-1. The minimum atomic E-state index is -1.10. The fourth-order valence-corrected chi connectivity index (χ4v) is 7.83. The molecule has 0 aliphatic heterocycles. The van der Waals surface area contributed by atoms with Crippen molar-refractivity contribution in [3.8, 4) is 43.9 Å². The van der Waals surface area contributed by atoms with E-state index in [2.05, 4.69) is 61.6 Å². The quantitative estimate of drug-likeness (QED) is 0.118. The maximum Gasteiger partial charge on any atom is 1.00 e. The number of anilines is 4. The molecule has 61 heavy (non-hydrogen) atoms. The molecular weight excluding hydrogens is 925 g/mol. The van der Waals surface area contributed by atoms with Crippen molar-refractivity contribution in [3.63, 3.8) is 0 Å². The minimum Gasteiger partial charge on any atom is -0.870 e. The number of nitrogens with zero attached hydrogens (tertiary/aromatic N) is 12. The predicted molar refractivity (Wildman–Crippen MR) is 226 cm³/mol. The number of aryl methyl sites for hydroxylation is 2. The number of tetrazole rings is 2. The van der Waals surface area contributed by atoms with Crippen LogP contribution in [0, 0.1) is 0 Å². The number of aromatic carboxylic acids is 1. The van der Waals surface area contributed by atoms with Gasteiger partial charge in [0.25, 0.3) is 0 Å². The van der Waals surface area contributed by atoms with Gasteiger partial charge in [0.1, 0.15) is 32.5 Å². The van der Waals surface area contributed by atoms with Gasteiger partial charge in [0, 0.05) is 37.6 Å². The fraction of sp³-hybridized carbons (Fsp3) is 0.0857. The van der Waals surface area contributed by atoms with Crippen molar-refractivity contribution in [1.82, 2.24) is 60.4 Å². The average Bonchev–Trinajstić information content (AvgIpc) is 4.04. The minimum absolute atomic E-state index is 0. The van der Waals surface area contributed by atoms with E-state index in [-0.39, 0.29) is 52.0 Å². The summed E-state index contributed by atoms with van der Waals surface area (Å²) in [6, 6.07) is 16.6. The number of methoxy groups -OCH3 is 1. The van der Waals surface area contributed by atoms with E-state index in [9.17, 15) is 14.7 Å². The second-order valence-corrected chi connectivity index (χ2v) is 15.4. The van der Waals surface area contributed by atoms with Crippen molar-refractivity contribution in [1.29, 1.82) is 0 Å². The molecule has 0 aliphatic rings. The molecule has 8 aromatic rings. The van der Waals surface area contributed by atoms with Crippen molar-refractivity contribution in [2.45, 2.75) is 0 Å². The van der Waals surface area contributed by atoms with E-state index in [1.807, 2.05) is 0 Å². The molecule has 0 atom stereocenters. The monoisotopic (exact) mass is 948 g/mol. The number of benzene rings is 2. The third-order valence-electron chi connectivity index (χ3n) is 7.99. The molecule has 26 heteroatoms. The molecule has 0 unspecified atom stereocenters. The van der Waals surface area contributed by atoms with E-state index in [4.69, 9.17) is 51.1 Å². The Morgan fingerprint density at radius 2 is 1.13 bits per heavy atom. The Balaban J connectivity index is 0.000000224. The van der Waals surface area contributed by atoms with E-state index >= 15 is 0 Å². The number of esters is 1. The SMILES string of the molecule is COC(=O)c1cccnc1Nc1nc(-c2ccc(Cl)c(Cl)c2)c(-c2nnnn2C)s1.Cn1nnnc1-c1sc(Nc2ncccc2C(=O)O)nc1-c1ccc(Cl)c(Cl)c1.[Na+].[OH-]. The number of carbonyl (C=O) groups is 2. The van der Waals surface area contributed by atoms with Crippen molar-refractivity contribution in [2.24, 2.45) is 14.1 Å². The predicted octanol–water partition coefficient (Wildman–Crippen LogP) is 5.20. The Labute approximate surface area is 394 Å². The number of pyridine rings is 2. The molecule has 19 nitrogen and oxygen atoms in total. The molecule has 8 rings (SSSR count). The zero-order valence-corrected chi connectivity index (χ0v) is 38.4. The molecule has 0 amide bonds. The van der Waals surface area contributed by atoms with Crippen molar-refractivity contribution < 1.29 is 54.5 Å². The number of rotatable bonds is 10. The second kappa shape index (κ2) is 20.6. The summed E-state index contributed by atoms with van der Waals surface area (Å²) in [5.41, 5.74) is 2.94. The van der Waals surface area contributed by atoms with Gasteiger partial charge in [-0.05, 0) is 69.4 Å². The van der Waals surface area contributed by atoms with Crippen LogP contribution in [0.15, 0.2) is 73.1 Å². The number of thiazole rings is 2. The van der Waals surface area contributed by atoms with Gasteiger partial charge >= 0.3 is 41.5 Å². The molecule has 4 N–H and O–H groups in total. The number of aromatic nitrogens is 12. The number of carboxylic acids is 1. The Hall–Kier alpha value is -5.20. The van der Waals surface area contributed by atoms with Gasteiger partial charge in [-0.1, -0.05) is 81.2 Å². The van der Waals surface area contributed by atoms with Crippen LogP contribution in [-0.2, 0) is 18.8 Å². The van der Waals surface area contributed by atoms with E-state index < -0.39 is 11.9 Å². The Kier molecular flexibility index (Phi) is 15.8. The number of nitrogens with one attached hydrogen (secondary N) is 2. The van der Waals surface area contributed by atoms with Gasteiger partial charge in [-0.25, -0.2) is 38.9 Å². The number of carbonyl (C=O) groups excluding carboxylic acids is 1. The van der Waals surface area contributed by atoms with Gasteiger partial charge in [-0.3, -0.25) is 0 Å². The smallest absolute Gasteiger partial charge is 0.870 e. The largest absolute Gasteiger partial charge is 1.00 e. The molecular formula is C35H25Cl4N14NaO5S2. The van der Waals surface area contributed by atoms with Gasteiger partial charge in [0.15, 0.2) is 21.9 Å². The van der Waals surface area contributed by atoms with Crippen LogP contribution in [0.3, 0.4) is 0 Å². The first-order valence-electron chi connectivity index (χ1n) is 16.6. The third-order valence-corrected chi connectivity index (χ3v) is 11.4. The summed E-state index contributed by atoms with van der Waals surface area (Å²) in [6.07, 6.45) is 3.06. The Morgan fingerprint density at radius 3 is 1.52 bits per heavy atom. The summed E-state index contributed by atoms with van der Waals surface area (Å²) < 4.78 is 7.88. The van der Waals surface area contributed by atoms with Crippen molar-refractivity contribution >= 4 is 103 Å². The van der Waals surface area contributed by atoms with Gasteiger partial charge in [0.05, 0.1) is 38.6 Å². The molecule has 6 heterocycles. The maximum atomic E-state index is 12.0. The van der Waals surface area contributed by atoms with Crippen molar-refractivity contribution in [2.75, 3.05) is 17.7 Å². The van der Waals surface area contributed by atoms with E-state index in [1.165, 1.54) is 46.7 Å². The first-order chi connectivity index (χ1) is 28.4. The summed E-state index contributed by atoms with van der Waals surface area (Å²) in [5.74, 6) is -0.0883. The van der Waals surface area contributed by atoms with Gasteiger partial charge in [-0.15, -0.1) is 10.2 Å². The fourth-order valence-electron chi connectivity index (χ4n) is 5.23. The molecule has 0 saturated heterocycles. The van der Waals surface area contributed by atoms with E-state index in [1.54, 1.807) is 79.6 Å². The molecule has 6 aromatic heterocycles. The van der Waals surface area contributed by atoms with E-state index in [0.717, 1.165) is 5.56 Å². The number of carboxylic acid groups (broad SMARTS) is 1. The second-order valence-electron chi connectivity index (χ2n) is 11.7. The zero-order chi connectivity index (χ0) is 41.8. The molecule has 2 aromatic carbocycles. The molecule has 0 aliphatic carbocycles. The number of hydrogen-bond donors (Lipinski definition) is 3. The van der Waals surface area contributed by atoms with Gasteiger partial charge in [-0.2, -0.15) is 0 Å². The number of ether oxygens (including phenoxy) is 1. The normalized spacial score (nSPS) is 10.5. The number of halogens is 4.